The van der Waals surface area contributed by atoms with E-state index in [-0.39, 0.29) is 11.1 Å². The minimum absolute atomic E-state index is 0.0797. The molecule has 1 aromatic heterocycles. The lowest BCUT2D eigenvalue weighted by atomic mass is 9.90. The van der Waals surface area contributed by atoms with Gasteiger partial charge in [0.2, 0.25) is 0 Å². The molecule has 0 atom stereocenters. The fraction of sp³-hybridized carbons (Fsp3) is 0.429. The Kier molecular flexibility index (Phi) is 4.04. The van der Waals surface area contributed by atoms with Crippen LogP contribution in [-0.2, 0) is 18.5 Å². The Morgan fingerprint density at radius 1 is 1.29 bits per heavy atom. The predicted molar refractivity (Wildman–Crippen MR) is 78.8 cm³/mol. The number of hydrogen-bond acceptors (Lipinski definition) is 5. The molecule has 112 valence electrons. The van der Waals surface area contributed by atoms with Crippen molar-refractivity contribution in [2.45, 2.75) is 39.3 Å². The Morgan fingerprint density at radius 2 is 1.90 bits per heavy atom. The van der Waals surface area contributed by atoms with Crippen LogP contribution in [0.3, 0.4) is 0 Å². The van der Waals surface area contributed by atoms with Crippen molar-refractivity contribution < 1.29 is 4.92 Å². The van der Waals surface area contributed by atoms with Gasteiger partial charge in [-0.05, 0) is 5.56 Å². The number of non-ortho nitro benzene ring substituents is 1. The Labute approximate surface area is 122 Å². The van der Waals surface area contributed by atoms with Crippen LogP contribution in [0.15, 0.2) is 24.3 Å². The van der Waals surface area contributed by atoms with Crippen molar-refractivity contribution in [1.29, 1.82) is 0 Å². The van der Waals surface area contributed by atoms with E-state index in [0.29, 0.717) is 13.1 Å². The second kappa shape index (κ2) is 5.61. The van der Waals surface area contributed by atoms with Gasteiger partial charge in [0.25, 0.3) is 5.69 Å². The van der Waals surface area contributed by atoms with Gasteiger partial charge in [0, 0.05) is 24.1 Å². The van der Waals surface area contributed by atoms with Crippen LogP contribution in [0.25, 0.3) is 0 Å². The molecule has 1 heterocycles. The summed E-state index contributed by atoms with van der Waals surface area (Å²) < 4.78 is 1.81. The van der Waals surface area contributed by atoms with Crippen LogP contribution >= 0.6 is 0 Å². The number of nitro benzene ring substituents is 1. The molecule has 0 spiro atoms. The number of rotatable bonds is 4. The Hall–Kier alpha value is -2.28. The second-order valence-corrected chi connectivity index (χ2v) is 5.92. The van der Waals surface area contributed by atoms with Crippen molar-refractivity contribution in [3.8, 4) is 0 Å². The van der Waals surface area contributed by atoms with Gasteiger partial charge in [-0.15, -0.1) is 5.10 Å². The van der Waals surface area contributed by atoms with Gasteiger partial charge < -0.3 is 5.73 Å². The molecule has 0 amide bonds. The van der Waals surface area contributed by atoms with E-state index < -0.39 is 4.92 Å². The summed E-state index contributed by atoms with van der Waals surface area (Å²) in [6.45, 7) is 7.09. The monoisotopic (exact) mass is 289 g/mol. The molecule has 2 aromatic rings. The number of nitro groups is 1. The molecule has 1 aromatic carbocycles. The largest absolute Gasteiger partial charge is 0.325 e. The van der Waals surface area contributed by atoms with Crippen molar-refractivity contribution in [1.82, 2.24) is 15.0 Å². The second-order valence-electron chi connectivity index (χ2n) is 5.92. The van der Waals surface area contributed by atoms with Crippen molar-refractivity contribution in [2.75, 3.05) is 0 Å². The Morgan fingerprint density at radius 3 is 2.38 bits per heavy atom. The lowest BCUT2D eigenvalue weighted by molar-refractivity contribution is -0.384. The van der Waals surface area contributed by atoms with Crippen molar-refractivity contribution in [2.24, 2.45) is 5.73 Å². The van der Waals surface area contributed by atoms with Crippen LogP contribution < -0.4 is 5.73 Å². The molecule has 0 saturated carbocycles. The summed E-state index contributed by atoms with van der Waals surface area (Å²) in [5.74, 6) is 0. The summed E-state index contributed by atoms with van der Waals surface area (Å²) in [6.07, 6.45) is 0. The highest BCUT2D eigenvalue weighted by atomic mass is 16.6. The highest BCUT2D eigenvalue weighted by molar-refractivity contribution is 5.33. The highest BCUT2D eigenvalue weighted by Crippen LogP contribution is 2.25. The minimum atomic E-state index is -0.410. The van der Waals surface area contributed by atoms with Crippen molar-refractivity contribution in [3.05, 3.63) is 51.3 Å². The molecule has 0 radical (unpaired) electrons. The van der Waals surface area contributed by atoms with E-state index in [0.717, 1.165) is 17.0 Å². The molecule has 0 fully saturated rings. The summed E-state index contributed by atoms with van der Waals surface area (Å²) in [6, 6.07) is 6.45. The third-order valence-corrected chi connectivity index (χ3v) is 3.19. The molecule has 2 rings (SSSR count). The van der Waals surface area contributed by atoms with Gasteiger partial charge in [0.15, 0.2) is 0 Å². The molecule has 7 heteroatoms. The molecule has 7 nitrogen and oxygen atoms in total. The average Bonchev–Trinajstić information content (AvgIpc) is 2.82. The standard InChI is InChI=1S/C14H19N5O2/c1-14(2,3)13-12(8-15)16-17-18(13)9-10-4-6-11(7-5-10)19(20)21/h4-7H,8-9,15H2,1-3H3. The first-order valence-corrected chi connectivity index (χ1v) is 6.69. The number of hydrogen-bond donors (Lipinski definition) is 1. The number of aromatic nitrogens is 3. The maximum absolute atomic E-state index is 10.7. The Balaban J connectivity index is 2.31. The molecule has 0 saturated heterocycles. The first kappa shape index (κ1) is 15.1. The summed E-state index contributed by atoms with van der Waals surface area (Å²) in [5, 5.41) is 18.9. The summed E-state index contributed by atoms with van der Waals surface area (Å²) in [5.41, 5.74) is 8.37. The fourth-order valence-corrected chi connectivity index (χ4v) is 2.31. The number of nitrogens with two attached hydrogens (primary N) is 1. The third-order valence-electron chi connectivity index (χ3n) is 3.19. The topological polar surface area (TPSA) is 99.9 Å². The summed E-state index contributed by atoms with van der Waals surface area (Å²) in [4.78, 5) is 10.3. The molecular formula is C14H19N5O2. The van der Waals surface area contributed by atoms with Gasteiger partial charge in [0.05, 0.1) is 22.9 Å². The lowest BCUT2D eigenvalue weighted by Gasteiger charge is -2.21. The normalized spacial score (nSPS) is 11.6. The van der Waals surface area contributed by atoms with Crippen LogP contribution in [0.1, 0.15) is 37.7 Å². The van der Waals surface area contributed by atoms with Gasteiger partial charge in [-0.1, -0.05) is 38.1 Å². The average molecular weight is 289 g/mol. The predicted octanol–water partition coefficient (Wildman–Crippen LogP) is 1.99. The first-order chi connectivity index (χ1) is 9.82. The van der Waals surface area contributed by atoms with Crippen LogP contribution in [0.5, 0.6) is 0 Å². The first-order valence-electron chi connectivity index (χ1n) is 6.69. The minimum Gasteiger partial charge on any atom is -0.325 e. The van der Waals surface area contributed by atoms with Gasteiger partial charge in [-0.3, -0.25) is 10.1 Å². The maximum atomic E-state index is 10.7. The third kappa shape index (κ3) is 3.25. The molecule has 0 aliphatic heterocycles. The van der Waals surface area contributed by atoms with E-state index in [1.165, 1.54) is 12.1 Å². The zero-order chi connectivity index (χ0) is 15.6. The molecule has 0 aliphatic carbocycles. The van der Waals surface area contributed by atoms with Crippen LogP contribution in [-0.4, -0.2) is 19.9 Å². The van der Waals surface area contributed by atoms with E-state index in [4.69, 9.17) is 5.73 Å². The molecule has 0 bridgehead atoms. The van der Waals surface area contributed by atoms with E-state index in [9.17, 15) is 10.1 Å². The van der Waals surface area contributed by atoms with Crippen LogP contribution in [0, 0.1) is 10.1 Å². The Bertz CT molecular complexity index is 640. The highest BCUT2D eigenvalue weighted by Gasteiger charge is 2.24. The fourth-order valence-electron chi connectivity index (χ4n) is 2.31. The van der Waals surface area contributed by atoms with Gasteiger partial charge in [-0.2, -0.15) is 0 Å². The van der Waals surface area contributed by atoms with Crippen LogP contribution in [0.4, 0.5) is 5.69 Å². The molecule has 0 aliphatic rings. The smallest absolute Gasteiger partial charge is 0.269 e. The van der Waals surface area contributed by atoms with Crippen LogP contribution in [0.2, 0.25) is 0 Å². The van der Waals surface area contributed by atoms with Gasteiger partial charge >= 0.3 is 0 Å². The number of benzene rings is 1. The van der Waals surface area contributed by atoms with E-state index in [1.54, 1.807) is 12.1 Å². The SMILES string of the molecule is CC(C)(C)c1c(CN)nnn1Cc1ccc([N+](=O)[O-])cc1. The molecular weight excluding hydrogens is 270 g/mol. The molecule has 0 unspecified atom stereocenters. The molecule has 2 N–H and O–H groups in total. The zero-order valence-corrected chi connectivity index (χ0v) is 12.4. The lowest BCUT2D eigenvalue weighted by Crippen LogP contribution is -2.21. The van der Waals surface area contributed by atoms with E-state index in [2.05, 4.69) is 31.1 Å². The summed E-state index contributed by atoms with van der Waals surface area (Å²) >= 11 is 0. The maximum Gasteiger partial charge on any atom is 0.269 e. The van der Waals surface area contributed by atoms with E-state index in [1.807, 2.05) is 4.68 Å². The zero-order valence-electron chi connectivity index (χ0n) is 12.4. The number of nitrogens with zero attached hydrogens (tertiary/aromatic N) is 4. The van der Waals surface area contributed by atoms with Gasteiger partial charge in [0.1, 0.15) is 0 Å². The molecule has 21 heavy (non-hydrogen) atoms. The van der Waals surface area contributed by atoms with E-state index >= 15 is 0 Å². The van der Waals surface area contributed by atoms with Crippen molar-refractivity contribution in [3.63, 3.8) is 0 Å². The summed E-state index contributed by atoms with van der Waals surface area (Å²) in [7, 11) is 0. The quantitative estimate of drug-likeness (QED) is 0.685. The van der Waals surface area contributed by atoms with Crippen molar-refractivity contribution >= 4 is 5.69 Å². The van der Waals surface area contributed by atoms with Gasteiger partial charge in [-0.25, -0.2) is 4.68 Å².